The first-order valence-electron chi connectivity index (χ1n) is 4.98. The normalized spacial score (nSPS) is 27.9. The summed E-state index contributed by atoms with van der Waals surface area (Å²) in [7, 11) is 0. The number of hydrogen-bond acceptors (Lipinski definition) is 4. The summed E-state index contributed by atoms with van der Waals surface area (Å²) in [5.41, 5.74) is -0.412. The minimum absolute atomic E-state index is 0.206. The fraction of sp³-hybridized carbons (Fsp3) is 1.00. The van der Waals surface area contributed by atoms with Gasteiger partial charge in [-0.15, -0.1) is 0 Å². The molecule has 0 bridgehead atoms. The van der Waals surface area contributed by atoms with Crippen molar-refractivity contribution >= 4 is 12.0 Å². The van der Waals surface area contributed by atoms with Crippen LogP contribution in [0.5, 0.6) is 0 Å². The predicted molar refractivity (Wildman–Crippen MR) is 59.4 cm³/mol. The lowest BCUT2D eigenvalue weighted by Crippen LogP contribution is -2.60. The van der Waals surface area contributed by atoms with E-state index in [1.54, 1.807) is 0 Å². The number of nitrogens with zero attached hydrogens (tertiary/aromatic N) is 1. The molecule has 84 valence electrons. The maximum absolute atomic E-state index is 10.0. The van der Waals surface area contributed by atoms with Crippen molar-refractivity contribution in [3.8, 4) is 0 Å². The van der Waals surface area contributed by atoms with Crippen molar-refractivity contribution in [1.82, 2.24) is 5.06 Å². The van der Waals surface area contributed by atoms with Crippen LogP contribution in [0.1, 0.15) is 40.5 Å². The zero-order valence-electron chi connectivity index (χ0n) is 9.70. The summed E-state index contributed by atoms with van der Waals surface area (Å²) < 4.78 is 5.58. The second-order valence-corrected chi connectivity index (χ2v) is 5.76. The van der Waals surface area contributed by atoms with Crippen LogP contribution in [-0.2, 0) is 4.18 Å². The molecule has 1 fully saturated rings. The standard InChI is InChI=1S/C10H21NO2S/c1-9(2)6-8(13-14-5)7-10(3,4)11(9)12/h8,12H,6-7H2,1-5H3. The zero-order chi connectivity index (χ0) is 11.0. The van der Waals surface area contributed by atoms with Crippen LogP contribution in [0.4, 0.5) is 0 Å². The molecule has 0 aliphatic carbocycles. The Morgan fingerprint density at radius 2 is 1.64 bits per heavy atom. The Labute approximate surface area is 91.0 Å². The van der Waals surface area contributed by atoms with Crippen LogP contribution in [0.15, 0.2) is 0 Å². The quantitative estimate of drug-likeness (QED) is 0.724. The van der Waals surface area contributed by atoms with E-state index in [1.807, 2.05) is 34.0 Å². The zero-order valence-corrected chi connectivity index (χ0v) is 10.5. The minimum atomic E-state index is -0.206. The van der Waals surface area contributed by atoms with Gasteiger partial charge in [-0.1, -0.05) is 0 Å². The lowest BCUT2D eigenvalue weighted by Gasteiger charge is -2.50. The topological polar surface area (TPSA) is 32.7 Å². The van der Waals surface area contributed by atoms with Crippen LogP contribution in [0.2, 0.25) is 0 Å². The van der Waals surface area contributed by atoms with Crippen LogP contribution in [0, 0.1) is 0 Å². The first kappa shape index (κ1) is 12.3. The van der Waals surface area contributed by atoms with Gasteiger partial charge in [0.1, 0.15) is 0 Å². The molecule has 0 spiro atoms. The number of rotatable bonds is 2. The second-order valence-electron chi connectivity index (χ2n) is 5.23. The Hall–Kier alpha value is 0.230. The maximum Gasteiger partial charge on any atom is 0.0758 e. The SMILES string of the molecule is CSOC1CC(C)(C)N(O)C(C)(C)C1. The molecule has 1 heterocycles. The Morgan fingerprint density at radius 1 is 1.21 bits per heavy atom. The molecule has 1 saturated heterocycles. The first-order valence-corrected chi connectivity index (χ1v) is 6.13. The van der Waals surface area contributed by atoms with Gasteiger partial charge in [0.25, 0.3) is 0 Å². The monoisotopic (exact) mass is 219 g/mol. The summed E-state index contributed by atoms with van der Waals surface area (Å²) in [6.07, 6.45) is 3.91. The summed E-state index contributed by atoms with van der Waals surface area (Å²) in [5, 5.41) is 11.5. The fourth-order valence-corrected chi connectivity index (χ4v) is 2.79. The summed E-state index contributed by atoms with van der Waals surface area (Å²) in [4.78, 5) is 0. The van der Waals surface area contributed by atoms with Crippen molar-refractivity contribution in [3.05, 3.63) is 0 Å². The lowest BCUT2D eigenvalue weighted by molar-refractivity contribution is -0.254. The van der Waals surface area contributed by atoms with Crippen molar-refractivity contribution in [2.24, 2.45) is 0 Å². The molecule has 0 unspecified atom stereocenters. The first-order chi connectivity index (χ1) is 6.29. The number of hydrogen-bond donors (Lipinski definition) is 1. The molecule has 0 aromatic heterocycles. The van der Waals surface area contributed by atoms with E-state index in [-0.39, 0.29) is 17.2 Å². The van der Waals surface area contributed by atoms with Gasteiger partial charge < -0.3 is 9.39 Å². The maximum atomic E-state index is 10.0. The molecule has 1 aliphatic heterocycles. The van der Waals surface area contributed by atoms with E-state index in [0.29, 0.717) is 0 Å². The van der Waals surface area contributed by atoms with Crippen molar-refractivity contribution in [2.75, 3.05) is 6.26 Å². The van der Waals surface area contributed by atoms with Crippen molar-refractivity contribution in [3.63, 3.8) is 0 Å². The summed E-state index contributed by atoms with van der Waals surface area (Å²) in [6.45, 7) is 8.18. The van der Waals surface area contributed by atoms with E-state index in [0.717, 1.165) is 12.8 Å². The van der Waals surface area contributed by atoms with Crippen LogP contribution >= 0.6 is 12.0 Å². The highest BCUT2D eigenvalue weighted by molar-refractivity contribution is 7.93. The van der Waals surface area contributed by atoms with E-state index < -0.39 is 0 Å². The molecule has 4 heteroatoms. The Bertz CT molecular complexity index is 188. The van der Waals surface area contributed by atoms with Crippen molar-refractivity contribution < 1.29 is 9.39 Å². The highest BCUT2D eigenvalue weighted by Gasteiger charge is 2.45. The van der Waals surface area contributed by atoms with Crippen molar-refractivity contribution in [2.45, 2.75) is 57.7 Å². The van der Waals surface area contributed by atoms with Crippen LogP contribution < -0.4 is 0 Å². The molecule has 1 aliphatic rings. The summed E-state index contributed by atoms with van der Waals surface area (Å²) >= 11 is 1.41. The molecule has 0 atom stereocenters. The van der Waals surface area contributed by atoms with E-state index in [9.17, 15) is 5.21 Å². The van der Waals surface area contributed by atoms with Gasteiger partial charge in [0.15, 0.2) is 0 Å². The highest BCUT2D eigenvalue weighted by Crippen LogP contribution is 2.38. The predicted octanol–water partition coefficient (Wildman–Crippen LogP) is 2.69. The molecule has 14 heavy (non-hydrogen) atoms. The third kappa shape index (κ3) is 2.42. The molecular weight excluding hydrogens is 198 g/mol. The van der Waals surface area contributed by atoms with E-state index in [4.69, 9.17) is 4.18 Å². The Kier molecular flexibility index (Phi) is 3.52. The molecule has 0 radical (unpaired) electrons. The Morgan fingerprint density at radius 3 is 2.00 bits per heavy atom. The molecular formula is C10H21NO2S. The second kappa shape index (κ2) is 4.00. The summed E-state index contributed by atoms with van der Waals surface area (Å²) in [6, 6.07) is 0. The molecule has 0 aromatic rings. The van der Waals surface area contributed by atoms with E-state index in [2.05, 4.69) is 0 Å². The molecule has 3 nitrogen and oxygen atoms in total. The highest BCUT2D eigenvalue weighted by atomic mass is 32.2. The molecule has 0 aromatic carbocycles. The summed E-state index contributed by atoms with van der Waals surface area (Å²) in [5.74, 6) is 0. The van der Waals surface area contributed by atoms with Crippen LogP contribution in [-0.4, -0.2) is 33.7 Å². The number of piperidine rings is 1. The Balaban J connectivity index is 2.75. The van der Waals surface area contributed by atoms with Gasteiger partial charge in [0.05, 0.1) is 6.10 Å². The molecule has 1 rings (SSSR count). The van der Waals surface area contributed by atoms with Crippen LogP contribution in [0.3, 0.4) is 0 Å². The van der Waals surface area contributed by atoms with Gasteiger partial charge in [-0.05, 0) is 52.6 Å². The van der Waals surface area contributed by atoms with Crippen LogP contribution in [0.25, 0.3) is 0 Å². The number of hydroxylamine groups is 2. The third-order valence-corrected chi connectivity index (χ3v) is 3.30. The van der Waals surface area contributed by atoms with Gasteiger partial charge in [-0.3, -0.25) is 0 Å². The van der Waals surface area contributed by atoms with E-state index >= 15 is 0 Å². The van der Waals surface area contributed by atoms with Gasteiger partial charge in [0.2, 0.25) is 0 Å². The van der Waals surface area contributed by atoms with Gasteiger partial charge in [-0.25, -0.2) is 0 Å². The largest absolute Gasteiger partial charge is 0.313 e. The molecule has 1 N–H and O–H groups in total. The van der Waals surface area contributed by atoms with E-state index in [1.165, 1.54) is 17.1 Å². The lowest BCUT2D eigenvalue weighted by atomic mass is 9.80. The van der Waals surface area contributed by atoms with Crippen molar-refractivity contribution in [1.29, 1.82) is 0 Å². The van der Waals surface area contributed by atoms with Gasteiger partial charge in [0, 0.05) is 17.3 Å². The minimum Gasteiger partial charge on any atom is -0.313 e. The van der Waals surface area contributed by atoms with Gasteiger partial charge >= 0.3 is 0 Å². The average molecular weight is 219 g/mol. The third-order valence-electron chi connectivity index (χ3n) is 2.83. The smallest absolute Gasteiger partial charge is 0.0758 e. The average Bonchev–Trinajstić information content (AvgIpc) is 1.99. The van der Waals surface area contributed by atoms with Gasteiger partial charge in [-0.2, -0.15) is 5.06 Å². The fourth-order valence-electron chi connectivity index (χ4n) is 2.38. The molecule has 0 saturated carbocycles. The molecule has 0 amide bonds.